The SMILES string of the molecule is CN=C(NCC(C)N1CCOCC1C)N1CCC(c2cc(OC)cc(OC)c2)C1.I. The zero-order valence-corrected chi connectivity index (χ0v) is 21.2. The molecule has 2 aliphatic rings. The van der Waals surface area contributed by atoms with E-state index in [0.29, 0.717) is 18.0 Å². The Balaban J connectivity index is 0.00000320. The maximum absolute atomic E-state index is 5.57. The van der Waals surface area contributed by atoms with E-state index in [-0.39, 0.29) is 24.0 Å². The molecule has 7 nitrogen and oxygen atoms in total. The van der Waals surface area contributed by atoms with E-state index in [4.69, 9.17) is 14.2 Å². The fourth-order valence-corrected chi connectivity index (χ4v) is 4.37. The highest BCUT2D eigenvalue weighted by Crippen LogP contribution is 2.32. The number of rotatable bonds is 6. The van der Waals surface area contributed by atoms with Gasteiger partial charge in [-0.1, -0.05) is 0 Å². The first-order chi connectivity index (χ1) is 14.0. The summed E-state index contributed by atoms with van der Waals surface area (Å²) in [5.74, 6) is 3.10. The van der Waals surface area contributed by atoms with Gasteiger partial charge in [-0.05, 0) is 38.0 Å². The van der Waals surface area contributed by atoms with Gasteiger partial charge in [0.05, 0.1) is 27.4 Å². The van der Waals surface area contributed by atoms with E-state index in [9.17, 15) is 0 Å². The van der Waals surface area contributed by atoms with Gasteiger partial charge in [-0.15, -0.1) is 24.0 Å². The molecular weight excluding hydrogens is 495 g/mol. The van der Waals surface area contributed by atoms with E-state index in [0.717, 1.165) is 63.3 Å². The summed E-state index contributed by atoms with van der Waals surface area (Å²) in [6.45, 7) is 9.95. The normalized spacial score (nSPS) is 23.6. The maximum Gasteiger partial charge on any atom is 0.193 e. The average Bonchev–Trinajstić information content (AvgIpc) is 3.24. The Kier molecular flexibility index (Phi) is 9.96. The summed E-state index contributed by atoms with van der Waals surface area (Å²) in [6, 6.07) is 7.06. The highest BCUT2D eigenvalue weighted by Gasteiger charge is 2.28. The van der Waals surface area contributed by atoms with E-state index in [1.54, 1.807) is 14.2 Å². The third kappa shape index (κ3) is 6.13. The van der Waals surface area contributed by atoms with Crippen molar-refractivity contribution in [2.75, 3.05) is 60.7 Å². The zero-order valence-electron chi connectivity index (χ0n) is 18.9. The molecule has 2 aliphatic heterocycles. The Labute approximate surface area is 198 Å². The summed E-state index contributed by atoms with van der Waals surface area (Å²) in [4.78, 5) is 9.41. The summed E-state index contributed by atoms with van der Waals surface area (Å²) in [5.41, 5.74) is 1.26. The standard InChI is InChI=1S/C22H36N4O3.HI/c1-16(26-8-9-29-15-17(26)2)13-24-22(23-3)25-7-6-18(14-25)19-10-20(27-4)12-21(11-19)28-5;/h10-12,16-18H,6-9,13-15H2,1-5H3,(H,23,24);1H. The number of nitrogens with one attached hydrogen (secondary N) is 1. The topological polar surface area (TPSA) is 58.6 Å². The number of guanidine groups is 1. The molecule has 2 fully saturated rings. The number of ether oxygens (including phenoxy) is 3. The lowest BCUT2D eigenvalue weighted by Gasteiger charge is -2.38. The number of morpholine rings is 1. The lowest BCUT2D eigenvalue weighted by atomic mass is 9.98. The molecule has 170 valence electrons. The lowest BCUT2D eigenvalue weighted by Crippen LogP contribution is -2.53. The second kappa shape index (κ2) is 12.0. The molecule has 0 bridgehead atoms. The number of halogens is 1. The van der Waals surface area contributed by atoms with E-state index in [2.05, 4.69) is 46.1 Å². The van der Waals surface area contributed by atoms with Crippen molar-refractivity contribution in [3.8, 4) is 11.5 Å². The molecule has 1 aromatic rings. The van der Waals surface area contributed by atoms with Crippen molar-refractivity contribution in [1.29, 1.82) is 0 Å². The number of benzene rings is 1. The molecular formula is C22H37IN4O3. The molecule has 30 heavy (non-hydrogen) atoms. The van der Waals surface area contributed by atoms with Gasteiger partial charge in [0.15, 0.2) is 5.96 Å². The number of likely N-dealkylation sites (tertiary alicyclic amines) is 1. The Morgan fingerprint density at radius 3 is 2.53 bits per heavy atom. The largest absolute Gasteiger partial charge is 0.497 e. The van der Waals surface area contributed by atoms with Gasteiger partial charge in [-0.25, -0.2) is 0 Å². The lowest BCUT2D eigenvalue weighted by molar-refractivity contribution is -0.0174. The van der Waals surface area contributed by atoms with Crippen molar-refractivity contribution in [3.05, 3.63) is 23.8 Å². The molecule has 1 N–H and O–H groups in total. The van der Waals surface area contributed by atoms with Crippen LogP contribution in [-0.4, -0.2) is 88.5 Å². The van der Waals surface area contributed by atoms with Gasteiger partial charge in [0.25, 0.3) is 0 Å². The molecule has 2 saturated heterocycles. The Bertz CT molecular complexity index is 681. The number of methoxy groups -OCH3 is 2. The molecule has 3 rings (SSSR count). The molecule has 0 radical (unpaired) electrons. The number of aliphatic imine (C=N–C) groups is 1. The van der Waals surface area contributed by atoms with E-state index < -0.39 is 0 Å². The first kappa shape index (κ1) is 25.0. The first-order valence-corrected chi connectivity index (χ1v) is 10.6. The first-order valence-electron chi connectivity index (χ1n) is 10.6. The summed E-state index contributed by atoms with van der Waals surface area (Å²) in [5, 5.41) is 3.59. The highest BCUT2D eigenvalue weighted by molar-refractivity contribution is 14.0. The predicted molar refractivity (Wildman–Crippen MR) is 132 cm³/mol. The smallest absolute Gasteiger partial charge is 0.193 e. The van der Waals surface area contributed by atoms with Gasteiger partial charge in [-0.2, -0.15) is 0 Å². The second-order valence-electron chi connectivity index (χ2n) is 8.02. The minimum atomic E-state index is 0. The summed E-state index contributed by atoms with van der Waals surface area (Å²) in [6.07, 6.45) is 1.09. The van der Waals surface area contributed by atoms with Crippen molar-refractivity contribution >= 4 is 29.9 Å². The third-order valence-corrected chi connectivity index (χ3v) is 6.09. The molecule has 0 saturated carbocycles. The van der Waals surface area contributed by atoms with Gasteiger partial charge in [0, 0.05) is 57.3 Å². The minimum Gasteiger partial charge on any atom is -0.497 e. The molecule has 3 atom stereocenters. The fraction of sp³-hybridized carbons (Fsp3) is 0.682. The van der Waals surface area contributed by atoms with Crippen LogP contribution in [0.15, 0.2) is 23.2 Å². The fourth-order valence-electron chi connectivity index (χ4n) is 4.37. The monoisotopic (exact) mass is 532 g/mol. The number of hydrogen-bond donors (Lipinski definition) is 1. The van der Waals surface area contributed by atoms with Gasteiger partial charge in [0.2, 0.25) is 0 Å². The molecule has 0 spiro atoms. The van der Waals surface area contributed by atoms with E-state index in [1.165, 1.54) is 5.56 Å². The van der Waals surface area contributed by atoms with Gasteiger partial charge in [0.1, 0.15) is 11.5 Å². The zero-order chi connectivity index (χ0) is 20.8. The maximum atomic E-state index is 5.57. The molecule has 2 heterocycles. The molecule has 1 aromatic carbocycles. The third-order valence-electron chi connectivity index (χ3n) is 6.09. The quantitative estimate of drug-likeness (QED) is 0.346. The van der Waals surface area contributed by atoms with Gasteiger partial charge in [-0.3, -0.25) is 9.89 Å². The van der Waals surface area contributed by atoms with Crippen LogP contribution < -0.4 is 14.8 Å². The van der Waals surface area contributed by atoms with Crippen molar-refractivity contribution in [2.24, 2.45) is 4.99 Å². The Morgan fingerprint density at radius 2 is 1.93 bits per heavy atom. The molecule has 0 aromatic heterocycles. The van der Waals surface area contributed by atoms with Crippen LogP contribution in [-0.2, 0) is 4.74 Å². The highest BCUT2D eigenvalue weighted by atomic mass is 127. The van der Waals surface area contributed by atoms with Crippen molar-refractivity contribution in [2.45, 2.75) is 38.3 Å². The Hall–Kier alpha value is -1.26. The van der Waals surface area contributed by atoms with Crippen LogP contribution in [0.3, 0.4) is 0 Å². The van der Waals surface area contributed by atoms with Crippen molar-refractivity contribution in [3.63, 3.8) is 0 Å². The molecule has 8 heteroatoms. The van der Waals surface area contributed by atoms with Crippen LogP contribution in [0.1, 0.15) is 31.7 Å². The molecule has 0 aliphatic carbocycles. The summed E-state index contributed by atoms with van der Waals surface area (Å²) < 4.78 is 16.4. The van der Waals surface area contributed by atoms with E-state index >= 15 is 0 Å². The van der Waals surface area contributed by atoms with Crippen LogP contribution in [0, 0.1) is 0 Å². The van der Waals surface area contributed by atoms with Gasteiger partial charge < -0.3 is 24.4 Å². The van der Waals surface area contributed by atoms with Gasteiger partial charge >= 0.3 is 0 Å². The number of nitrogens with zero attached hydrogens (tertiary/aromatic N) is 3. The van der Waals surface area contributed by atoms with Crippen LogP contribution in [0.25, 0.3) is 0 Å². The van der Waals surface area contributed by atoms with E-state index in [1.807, 2.05) is 13.1 Å². The van der Waals surface area contributed by atoms with Crippen LogP contribution >= 0.6 is 24.0 Å². The predicted octanol–water partition coefficient (Wildman–Crippen LogP) is 2.80. The Morgan fingerprint density at radius 1 is 1.23 bits per heavy atom. The van der Waals surface area contributed by atoms with Crippen molar-refractivity contribution < 1.29 is 14.2 Å². The molecule has 0 amide bonds. The van der Waals surface area contributed by atoms with Crippen LogP contribution in [0.5, 0.6) is 11.5 Å². The van der Waals surface area contributed by atoms with Crippen LogP contribution in [0.2, 0.25) is 0 Å². The van der Waals surface area contributed by atoms with Crippen molar-refractivity contribution in [1.82, 2.24) is 15.1 Å². The number of hydrogen-bond acceptors (Lipinski definition) is 5. The second-order valence-corrected chi connectivity index (χ2v) is 8.02. The van der Waals surface area contributed by atoms with Crippen LogP contribution in [0.4, 0.5) is 0 Å². The average molecular weight is 532 g/mol. The summed E-state index contributed by atoms with van der Waals surface area (Å²) >= 11 is 0. The minimum absolute atomic E-state index is 0. The summed E-state index contributed by atoms with van der Waals surface area (Å²) in [7, 11) is 5.26. The molecule has 3 unspecified atom stereocenters.